The fourth-order valence-electron chi connectivity index (χ4n) is 5.10. The number of nitrogens with one attached hydrogen (secondary N) is 2. The second-order valence-corrected chi connectivity index (χ2v) is 11.0. The first kappa shape index (κ1) is 24.9. The molecule has 2 aromatic heterocycles. The van der Waals surface area contributed by atoms with Gasteiger partial charge in [-0.25, -0.2) is 19.3 Å². The minimum absolute atomic E-state index is 0.252. The zero-order valence-corrected chi connectivity index (χ0v) is 22.3. The third-order valence-electron chi connectivity index (χ3n) is 7.32. The van der Waals surface area contributed by atoms with Crippen molar-refractivity contribution in [3.8, 4) is 21.8 Å². The molecule has 2 aromatic carbocycles. The summed E-state index contributed by atoms with van der Waals surface area (Å²) in [5, 5.41) is 7.88. The van der Waals surface area contributed by atoms with Gasteiger partial charge in [0.05, 0.1) is 21.3 Å². The van der Waals surface area contributed by atoms with Crippen LogP contribution in [-0.4, -0.2) is 66.2 Å². The maximum Gasteiger partial charge on any atom is 0.227 e. The van der Waals surface area contributed by atoms with E-state index in [0.29, 0.717) is 11.9 Å². The molecule has 4 heterocycles. The molecule has 2 aliphatic heterocycles. The Hall–Kier alpha value is -3.40. The highest BCUT2D eigenvalue weighted by atomic mass is 32.1. The Morgan fingerprint density at radius 3 is 2.39 bits per heavy atom. The summed E-state index contributed by atoms with van der Waals surface area (Å²) in [4.78, 5) is 20.2. The van der Waals surface area contributed by atoms with Gasteiger partial charge in [0.1, 0.15) is 5.82 Å². The van der Waals surface area contributed by atoms with Crippen LogP contribution in [0.1, 0.15) is 23.8 Å². The maximum atomic E-state index is 13.7. The molecule has 0 aliphatic carbocycles. The maximum absolute atomic E-state index is 13.7. The quantitative estimate of drug-likeness (QED) is 0.348. The van der Waals surface area contributed by atoms with Crippen molar-refractivity contribution in [3.63, 3.8) is 0 Å². The van der Waals surface area contributed by atoms with Crippen LogP contribution in [0.3, 0.4) is 0 Å². The van der Waals surface area contributed by atoms with Gasteiger partial charge in [-0.3, -0.25) is 0 Å². The van der Waals surface area contributed by atoms with Gasteiger partial charge in [-0.15, -0.1) is 11.3 Å². The fourth-order valence-corrected chi connectivity index (χ4v) is 6.32. The fraction of sp³-hybridized carbons (Fsp3) is 0.345. The van der Waals surface area contributed by atoms with E-state index in [1.807, 2.05) is 6.07 Å². The third kappa shape index (κ3) is 5.55. The van der Waals surface area contributed by atoms with Crippen LogP contribution in [0.25, 0.3) is 21.8 Å². The minimum Gasteiger partial charge on any atom is -0.369 e. The van der Waals surface area contributed by atoms with Gasteiger partial charge < -0.3 is 20.4 Å². The highest BCUT2D eigenvalue weighted by Crippen LogP contribution is 2.41. The first-order valence-electron chi connectivity index (χ1n) is 13.2. The molecule has 2 fully saturated rings. The summed E-state index contributed by atoms with van der Waals surface area (Å²) in [6, 6.07) is 16.9. The zero-order chi connectivity index (χ0) is 25.9. The first-order chi connectivity index (χ1) is 18.6. The van der Waals surface area contributed by atoms with Gasteiger partial charge in [0.15, 0.2) is 0 Å². The molecule has 2 saturated heterocycles. The lowest BCUT2D eigenvalue weighted by Gasteiger charge is -2.29. The van der Waals surface area contributed by atoms with E-state index in [-0.39, 0.29) is 5.82 Å². The van der Waals surface area contributed by atoms with E-state index in [9.17, 15) is 4.39 Å². The second-order valence-electron chi connectivity index (χ2n) is 9.99. The van der Waals surface area contributed by atoms with Gasteiger partial charge in [0, 0.05) is 55.2 Å². The highest BCUT2D eigenvalue weighted by molar-refractivity contribution is 7.15. The van der Waals surface area contributed by atoms with Crippen LogP contribution in [0.5, 0.6) is 0 Å². The van der Waals surface area contributed by atoms with Crippen molar-refractivity contribution in [3.05, 3.63) is 71.6 Å². The monoisotopic (exact) mass is 529 g/mol. The minimum atomic E-state index is -0.252. The van der Waals surface area contributed by atoms with E-state index in [4.69, 9.17) is 9.97 Å². The Bertz CT molecular complexity index is 1360. The molecule has 0 atom stereocenters. The van der Waals surface area contributed by atoms with E-state index < -0.39 is 0 Å². The topological polar surface area (TPSA) is 69.2 Å². The molecular weight excluding hydrogens is 497 g/mol. The van der Waals surface area contributed by atoms with Crippen molar-refractivity contribution in [2.24, 2.45) is 0 Å². The van der Waals surface area contributed by atoms with Crippen LogP contribution in [0.15, 0.2) is 60.8 Å². The molecule has 0 unspecified atom stereocenters. The van der Waals surface area contributed by atoms with Gasteiger partial charge in [0.2, 0.25) is 5.95 Å². The van der Waals surface area contributed by atoms with Crippen molar-refractivity contribution < 1.29 is 4.39 Å². The normalized spacial score (nSPS) is 17.1. The summed E-state index contributed by atoms with van der Waals surface area (Å²) in [7, 11) is 2.17. The Morgan fingerprint density at radius 1 is 0.921 bits per heavy atom. The van der Waals surface area contributed by atoms with Crippen molar-refractivity contribution in [1.29, 1.82) is 0 Å². The Balaban J connectivity index is 1.28. The number of piperazine rings is 1. The molecule has 4 aromatic rings. The largest absolute Gasteiger partial charge is 0.369 e. The molecule has 6 rings (SSSR count). The standard InChI is InChI=1S/C29H32FN7S/c1-36-16-11-21(12-17-36)28-35-26(20-2-4-22(30)5-3-20)27(38-28)25-10-13-32-29(34-25)33-23-6-8-24(9-7-23)37-18-14-31-15-19-37/h2-10,13,21,31H,11-12,14-19H2,1H3,(H,32,33,34). The number of hydrogen-bond donors (Lipinski definition) is 2. The number of hydrogen-bond acceptors (Lipinski definition) is 8. The van der Waals surface area contributed by atoms with Crippen LogP contribution in [0.2, 0.25) is 0 Å². The van der Waals surface area contributed by atoms with Gasteiger partial charge in [0.25, 0.3) is 0 Å². The molecular formula is C29H32FN7S. The SMILES string of the molecule is CN1CCC(c2nc(-c3ccc(F)cc3)c(-c3ccnc(Nc4ccc(N5CCNCC5)cc4)n3)s2)CC1. The number of piperidine rings is 1. The summed E-state index contributed by atoms with van der Waals surface area (Å²) in [6.45, 7) is 6.20. The molecule has 0 bridgehead atoms. The van der Waals surface area contributed by atoms with Crippen LogP contribution in [0.4, 0.5) is 21.7 Å². The number of nitrogens with zero attached hydrogens (tertiary/aromatic N) is 5. The number of benzene rings is 2. The molecule has 0 radical (unpaired) electrons. The highest BCUT2D eigenvalue weighted by Gasteiger charge is 2.25. The van der Waals surface area contributed by atoms with Crippen LogP contribution >= 0.6 is 11.3 Å². The lowest BCUT2D eigenvalue weighted by Crippen LogP contribution is -2.43. The van der Waals surface area contributed by atoms with Gasteiger partial charge >= 0.3 is 0 Å². The Labute approximate surface area is 226 Å². The number of likely N-dealkylation sites (tertiary alicyclic amines) is 1. The van der Waals surface area contributed by atoms with Gasteiger partial charge in [-0.1, -0.05) is 0 Å². The predicted octanol–water partition coefficient (Wildman–Crippen LogP) is 5.37. The van der Waals surface area contributed by atoms with E-state index >= 15 is 0 Å². The lowest BCUT2D eigenvalue weighted by atomic mass is 9.98. The van der Waals surface area contributed by atoms with E-state index in [1.165, 1.54) is 17.8 Å². The van der Waals surface area contributed by atoms with Crippen molar-refractivity contribution in [2.75, 3.05) is 56.5 Å². The summed E-state index contributed by atoms with van der Waals surface area (Å²) < 4.78 is 13.7. The molecule has 2 N–H and O–H groups in total. The van der Waals surface area contributed by atoms with Crippen LogP contribution in [0, 0.1) is 5.82 Å². The predicted molar refractivity (Wildman–Crippen MR) is 153 cm³/mol. The Morgan fingerprint density at radius 2 is 1.66 bits per heavy atom. The lowest BCUT2D eigenvalue weighted by molar-refractivity contribution is 0.255. The molecule has 196 valence electrons. The zero-order valence-electron chi connectivity index (χ0n) is 21.5. The van der Waals surface area contributed by atoms with Gasteiger partial charge in [-0.05, 0) is 87.6 Å². The smallest absolute Gasteiger partial charge is 0.227 e. The summed E-state index contributed by atoms with van der Waals surface area (Å²) >= 11 is 1.70. The summed E-state index contributed by atoms with van der Waals surface area (Å²) in [5.74, 6) is 0.715. The molecule has 7 nitrogen and oxygen atoms in total. The van der Waals surface area contributed by atoms with E-state index in [0.717, 1.165) is 84.6 Å². The first-order valence-corrected chi connectivity index (χ1v) is 14.1. The number of halogens is 1. The van der Waals surface area contributed by atoms with Crippen molar-refractivity contribution >= 4 is 28.7 Å². The third-order valence-corrected chi connectivity index (χ3v) is 8.56. The molecule has 2 aliphatic rings. The number of aromatic nitrogens is 3. The van der Waals surface area contributed by atoms with Crippen LogP contribution in [-0.2, 0) is 0 Å². The molecule has 9 heteroatoms. The summed E-state index contributed by atoms with van der Waals surface area (Å²) in [6.07, 6.45) is 3.96. The molecule has 0 spiro atoms. The average Bonchev–Trinajstić information content (AvgIpc) is 3.40. The molecule has 0 saturated carbocycles. The number of thiazole rings is 1. The molecule has 38 heavy (non-hydrogen) atoms. The van der Waals surface area contributed by atoms with E-state index in [2.05, 4.69) is 56.7 Å². The number of anilines is 3. The summed E-state index contributed by atoms with van der Waals surface area (Å²) in [5.41, 5.74) is 4.73. The van der Waals surface area contributed by atoms with Crippen LogP contribution < -0.4 is 15.5 Å². The van der Waals surface area contributed by atoms with Crippen molar-refractivity contribution in [1.82, 2.24) is 25.2 Å². The average molecular weight is 530 g/mol. The second kappa shape index (κ2) is 11.1. The molecule has 0 amide bonds. The van der Waals surface area contributed by atoms with Gasteiger partial charge in [-0.2, -0.15) is 0 Å². The number of rotatable bonds is 6. The van der Waals surface area contributed by atoms with Crippen molar-refractivity contribution in [2.45, 2.75) is 18.8 Å². The Kier molecular flexibility index (Phi) is 7.31. The van der Waals surface area contributed by atoms with E-state index in [1.54, 1.807) is 29.7 Å².